The summed E-state index contributed by atoms with van der Waals surface area (Å²) >= 11 is 9.03. The van der Waals surface area contributed by atoms with Gasteiger partial charge in [0, 0.05) is 17.3 Å². The van der Waals surface area contributed by atoms with Crippen LogP contribution in [-0.4, -0.2) is 40.7 Å². The Labute approximate surface area is 128 Å². The van der Waals surface area contributed by atoms with Gasteiger partial charge in [-0.1, -0.05) is 23.4 Å². The fourth-order valence-corrected chi connectivity index (χ4v) is 4.06. The Hall–Kier alpha value is -1.31. The largest absolute Gasteiger partial charge is 0.329 e. The minimum absolute atomic E-state index is 0.100. The van der Waals surface area contributed by atoms with E-state index < -0.39 is 0 Å². The SMILES string of the molecule is O=C1CNC(=O)N1CCSc1nc2cc(Cl)ccc2s1. The lowest BCUT2D eigenvalue weighted by molar-refractivity contribution is -0.124. The zero-order valence-corrected chi connectivity index (χ0v) is 12.6. The van der Waals surface area contributed by atoms with Crippen molar-refractivity contribution in [1.82, 2.24) is 15.2 Å². The third-order valence-corrected chi connectivity index (χ3v) is 5.20. The summed E-state index contributed by atoms with van der Waals surface area (Å²) in [5.41, 5.74) is 0.875. The number of rotatable bonds is 4. The van der Waals surface area contributed by atoms with E-state index in [-0.39, 0.29) is 18.5 Å². The molecule has 1 aromatic carbocycles. The monoisotopic (exact) mass is 327 g/mol. The number of carbonyl (C=O) groups is 2. The fourth-order valence-electron chi connectivity index (χ4n) is 1.85. The first-order chi connectivity index (χ1) is 9.63. The maximum atomic E-state index is 11.4. The number of fused-ring (bicyclic) bond motifs is 1. The standard InChI is InChI=1S/C12H10ClN3O2S2/c13-7-1-2-9-8(5-7)15-12(20-9)19-4-3-16-10(17)6-14-11(16)18/h1-2,5H,3-4,6H2,(H,14,18). The number of nitrogens with zero attached hydrogens (tertiary/aromatic N) is 2. The van der Waals surface area contributed by atoms with E-state index in [1.165, 1.54) is 16.7 Å². The second kappa shape index (κ2) is 5.59. The molecule has 0 saturated carbocycles. The highest BCUT2D eigenvalue weighted by atomic mass is 35.5. The van der Waals surface area contributed by atoms with Crippen LogP contribution in [0.25, 0.3) is 10.2 Å². The normalized spacial score (nSPS) is 15.2. The summed E-state index contributed by atoms with van der Waals surface area (Å²) in [5, 5.41) is 3.16. The zero-order chi connectivity index (χ0) is 14.1. The van der Waals surface area contributed by atoms with Gasteiger partial charge in [-0.25, -0.2) is 9.78 Å². The van der Waals surface area contributed by atoms with E-state index in [1.807, 2.05) is 18.2 Å². The third-order valence-electron chi connectivity index (χ3n) is 2.81. The summed E-state index contributed by atoms with van der Waals surface area (Å²) in [6, 6.07) is 5.29. The maximum Gasteiger partial charge on any atom is 0.324 e. The molecule has 1 aromatic heterocycles. The summed E-state index contributed by atoms with van der Waals surface area (Å²) in [4.78, 5) is 28.5. The smallest absolute Gasteiger partial charge is 0.324 e. The van der Waals surface area contributed by atoms with Crippen molar-refractivity contribution in [3.8, 4) is 0 Å². The van der Waals surface area contributed by atoms with E-state index in [1.54, 1.807) is 11.3 Å². The molecule has 20 heavy (non-hydrogen) atoms. The van der Waals surface area contributed by atoms with E-state index in [9.17, 15) is 9.59 Å². The Bertz CT molecular complexity index is 672. The van der Waals surface area contributed by atoms with Crippen LogP contribution in [0, 0.1) is 0 Å². The quantitative estimate of drug-likeness (QED) is 0.692. The molecule has 0 bridgehead atoms. The number of nitrogens with one attached hydrogen (secondary N) is 1. The van der Waals surface area contributed by atoms with Crippen molar-refractivity contribution >= 4 is 56.9 Å². The van der Waals surface area contributed by atoms with Gasteiger partial charge in [-0.2, -0.15) is 0 Å². The lowest BCUT2D eigenvalue weighted by Gasteiger charge is -2.10. The average Bonchev–Trinajstić information content (AvgIpc) is 2.95. The lowest BCUT2D eigenvalue weighted by atomic mass is 10.3. The highest BCUT2D eigenvalue weighted by Crippen LogP contribution is 2.30. The van der Waals surface area contributed by atoms with Crippen molar-refractivity contribution in [1.29, 1.82) is 0 Å². The molecular weight excluding hydrogens is 318 g/mol. The second-order valence-electron chi connectivity index (χ2n) is 4.14. The molecular formula is C12H10ClN3O2S2. The van der Waals surface area contributed by atoms with Gasteiger partial charge in [-0.3, -0.25) is 9.69 Å². The van der Waals surface area contributed by atoms with Crippen LogP contribution in [0.1, 0.15) is 0 Å². The number of urea groups is 1. The number of carbonyl (C=O) groups excluding carboxylic acids is 2. The molecule has 8 heteroatoms. The van der Waals surface area contributed by atoms with Crippen molar-refractivity contribution in [3.63, 3.8) is 0 Å². The van der Waals surface area contributed by atoms with E-state index in [0.29, 0.717) is 17.3 Å². The van der Waals surface area contributed by atoms with Crippen LogP contribution in [0.15, 0.2) is 22.5 Å². The number of benzene rings is 1. The molecule has 1 N–H and O–H groups in total. The molecule has 0 spiro atoms. The van der Waals surface area contributed by atoms with Gasteiger partial charge in [0.2, 0.25) is 5.91 Å². The van der Waals surface area contributed by atoms with E-state index in [4.69, 9.17) is 11.6 Å². The zero-order valence-electron chi connectivity index (χ0n) is 10.3. The summed E-state index contributed by atoms with van der Waals surface area (Å²) in [6.07, 6.45) is 0. The van der Waals surface area contributed by atoms with Crippen molar-refractivity contribution in [2.24, 2.45) is 0 Å². The number of amides is 3. The molecule has 1 aliphatic heterocycles. The van der Waals surface area contributed by atoms with Gasteiger partial charge in [0.25, 0.3) is 0 Å². The molecule has 0 atom stereocenters. The number of hydrogen-bond donors (Lipinski definition) is 1. The number of thiazole rings is 1. The van der Waals surface area contributed by atoms with Gasteiger partial charge in [-0.05, 0) is 18.2 Å². The Morgan fingerprint density at radius 2 is 2.30 bits per heavy atom. The summed E-state index contributed by atoms with van der Waals surface area (Å²) in [6.45, 7) is 0.495. The van der Waals surface area contributed by atoms with Crippen molar-refractivity contribution in [2.45, 2.75) is 4.34 Å². The molecule has 1 saturated heterocycles. The molecule has 5 nitrogen and oxygen atoms in total. The lowest BCUT2D eigenvalue weighted by Crippen LogP contribution is -2.32. The van der Waals surface area contributed by atoms with Crippen LogP contribution in [0.4, 0.5) is 4.79 Å². The summed E-state index contributed by atoms with van der Waals surface area (Å²) in [7, 11) is 0. The van der Waals surface area contributed by atoms with Crippen LogP contribution < -0.4 is 5.32 Å². The van der Waals surface area contributed by atoms with Gasteiger partial charge < -0.3 is 5.32 Å². The third kappa shape index (κ3) is 2.74. The van der Waals surface area contributed by atoms with Crippen molar-refractivity contribution < 1.29 is 9.59 Å². The first kappa shape index (κ1) is 13.7. The van der Waals surface area contributed by atoms with Gasteiger partial charge in [0.1, 0.15) is 0 Å². The predicted molar refractivity (Wildman–Crippen MR) is 80.5 cm³/mol. The van der Waals surface area contributed by atoms with Gasteiger partial charge in [-0.15, -0.1) is 11.3 Å². The molecule has 0 radical (unpaired) electrons. The second-order valence-corrected chi connectivity index (χ2v) is 6.95. The number of halogens is 1. The van der Waals surface area contributed by atoms with Crippen LogP contribution in [0.3, 0.4) is 0 Å². The summed E-state index contributed by atoms with van der Waals surface area (Å²) < 4.78 is 1.99. The highest BCUT2D eigenvalue weighted by molar-refractivity contribution is 8.01. The Morgan fingerprint density at radius 1 is 1.45 bits per heavy atom. The summed E-state index contributed by atoms with van der Waals surface area (Å²) in [5.74, 6) is 0.457. The average molecular weight is 328 g/mol. The first-order valence-corrected chi connectivity index (χ1v) is 8.08. The molecule has 0 aliphatic carbocycles. The Kier molecular flexibility index (Phi) is 3.82. The Balaban J connectivity index is 1.62. The van der Waals surface area contributed by atoms with Crippen LogP contribution >= 0.6 is 34.7 Å². The van der Waals surface area contributed by atoms with Gasteiger partial charge in [0.05, 0.1) is 16.8 Å². The topological polar surface area (TPSA) is 62.3 Å². The highest BCUT2D eigenvalue weighted by Gasteiger charge is 2.27. The molecule has 1 fully saturated rings. The number of thioether (sulfide) groups is 1. The Morgan fingerprint density at radius 3 is 3.05 bits per heavy atom. The molecule has 0 unspecified atom stereocenters. The molecule has 3 amide bonds. The van der Waals surface area contributed by atoms with Gasteiger partial charge in [0.15, 0.2) is 4.34 Å². The van der Waals surface area contributed by atoms with E-state index in [0.717, 1.165) is 14.6 Å². The van der Waals surface area contributed by atoms with Crippen molar-refractivity contribution in [3.05, 3.63) is 23.2 Å². The van der Waals surface area contributed by atoms with E-state index >= 15 is 0 Å². The number of imide groups is 1. The van der Waals surface area contributed by atoms with E-state index in [2.05, 4.69) is 10.3 Å². The predicted octanol–water partition coefficient (Wildman–Crippen LogP) is 2.59. The number of hydrogen-bond acceptors (Lipinski definition) is 5. The van der Waals surface area contributed by atoms with Crippen LogP contribution in [0.5, 0.6) is 0 Å². The minimum Gasteiger partial charge on any atom is -0.329 e. The molecule has 2 aromatic rings. The minimum atomic E-state index is -0.313. The first-order valence-electron chi connectivity index (χ1n) is 5.90. The molecule has 104 valence electrons. The van der Waals surface area contributed by atoms with Crippen molar-refractivity contribution in [2.75, 3.05) is 18.8 Å². The maximum absolute atomic E-state index is 11.4. The fraction of sp³-hybridized carbons (Fsp3) is 0.250. The van der Waals surface area contributed by atoms with Crippen LogP contribution in [-0.2, 0) is 4.79 Å². The number of aromatic nitrogens is 1. The molecule has 2 heterocycles. The molecule has 1 aliphatic rings. The van der Waals surface area contributed by atoms with Crippen LogP contribution in [0.2, 0.25) is 5.02 Å². The van der Waals surface area contributed by atoms with Gasteiger partial charge >= 0.3 is 6.03 Å². The molecule has 3 rings (SSSR count).